The first-order chi connectivity index (χ1) is 13.0. The Bertz CT molecular complexity index is 833. The molecule has 4 rings (SSSR count). The third-order valence-corrected chi connectivity index (χ3v) is 7.55. The predicted molar refractivity (Wildman–Crippen MR) is 114 cm³/mol. The molecule has 5 heteroatoms. The Balaban J connectivity index is 1.56. The van der Waals surface area contributed by atoms with Gasteiger partial charge in [-0.3, -0.25) is 4.79 Å². The maximum atomic E-state index is 12.8. The number of halogens is 1. The number of benzene rings is 1. The van der Waals surface area contributed by atoms with Crippen LogP contribution in [0.4, 0.5) is 0 Å². The van der Waals surface area contributed by atoms with Gasteiger partial charge in [0.25, 0.3) is 5.91 Å². The van der Waals surface area contributed by atoms with E-state index in [1.807, 2.05) is 11.8 Å². The zero-order chi connectivity index (χ0) is 19.0. The lowest BCUT2D eigenvalue weighted by Crippen LogP contribution is -2.29. The molecular formula is C22H27ClN2OS. The molecule has 0 unspecified atom stereocenters. The van der Waals surface area contributed by atoms with Crippen molar-refractivity contribution in [3.8, 4) is 10.4 Å². The van der Waals surface area contributed by atoms with Gasteiger partial charge in [0.05, 0.1) is 4.88 Å². The van der Waals surface area contributed by atoms with Crippen LogP contribution in [0.5, 0.6) is 0 Å². The lowest BCUT2D eigenvalue weighted by molar-refractivity contribution is 0.0797. The summed E-state index contributed by atoms with van der Waals surface area (Å²) in [5.74, 6) is 0.746. The third-order valence-electron chi connectivity index (χ3n) is 5.95. The molecule has 0 bridgehead atoms. The molecule has 1 aromatic carbocycles. The topological polar surface area (TPSA) is 23.6 Å². The highest BCUT2D eigenvalue weighted by atomic mass is 35.5. The highest BCUT2D eigenvalue weighted by Crippen LogP contribution is 2.38. The molecule has 2 aromatic rings. The van der Waals surface area contributed by atoms with Gasteiger partial charge in [0, 0.05) is 23.0 Å². The molecule has 3 heterocycles. The summed E-state index contributed by atoms with van der Waals surface area (Å²) < 4.78 is 0. The standard InChI is InChI=1S/C22H27ClN2OS/c1-15-13-20(27-21(15)22(26)25-9-3-4-10-25)17-5-6-18(19(23)14-17)16-7-11-24(2)12-8-16/h5-6,13-14,16H,3-4,7-12H2,1-2H3. The minimum atomic E-state index is 0.190. The van der Waals surface area contributed by atoms with Gasteiger partial charge in [-0.2, -0.15) is 0 Å². The number of hydrogen-bond donors (Lipinski definition) is 0. The summed E-state index contributed by atoms with van der Waals surface area (Å²) in [7, 11) is 2.18. The van der Waals surface area contributed by atoms with Crippen molar-refractivity contribution < 1.29 is 4.79 Å². The first kappa shape index (κ1) is 19.0. The lowest BCUT2D eigenvalue weighted by Gasteiger charge is -2.29. The monoisotopic (exact) mass is 402 g/mol. The summed E-state index contributed by atoms with van der Waals surface area (Å²) in [6.45, 7) is 6.09. The number of aryl methyl sites for hydroxylation is 1. The smallest absolute Gasteiger partial charge is 0.264 e. The second-order valence-electron chi connectivity index (χ2n) is 7.94. The summed E-state index contributed by atoms with van der Waals surface area (Å²) in [4.78, 5) is 19.1. The molecule has 27 heavy (non-hydrogen) atoms. The SMILES string of the molecule is Cc1cc(-c2ccc(C3CCN(C)CC3)c(Cl)c2)sc1C(=O)N1CCCC1. The number of hydrogen-bond acceptors (Lipinski definition) is 3. The van der Waals surface area contributed by atoms with Crippen LogP contribution in [0.3, 0.4) is 0 Å². The third kappa shape index (κ3) is 3.94. The Kier molecular flexibility index (Phi) is 5.58. The lowest BCUT2D eigenvalue weighted by atomic mass is 9.89. The van der Waals surface area contributed by atoms with E-state index in [2.05, 4.69) is 36.2 Å². The van der Waals surface area contributed by atoms with Crippen LogP contribution in [-0.2, 0) is 0 Å². The van der Waals surface area contributed by atoms with Crippen molar-refractivity contribution in [1.82, 2.24) is 9.80 Å². The molecule has 0 aliphatic carbocycles. The van der Waals surface area contributed by atoms with Crippen molar-refractivity contribution in [3.05, 3.63) is 45.3 Å². The number of amides is 1. The van der Waals surface area contributed by atoms with Gasteiger partial charge in [-0.15, -0.1) is 11.3 Å². The summed E-state index contributed by atoms with van der Waals surface area (Å²) in [6.07, 6.45) is 4.58. The number of likely N-dealkylation sites (tertiary alicyclic amines) is 2. The van der Waals surface area contributed by atoms with Gasteiger partial charge in [0.15, 0.2) is 0 Å². The Hall–Kier alpha value is -1.36. The normalized spacial score (nSPS) is 19.0. The van der Waals surface area contributed by atoms with Crippen LogP contribution in [0.1, 0.15) is 52.4 Å². The van der Waals surface area contributed by atoms with Gasteiger partial charge in [-0.05, 0) is 87.5 Å². The van der Waals surface area contributed by atoms with Crippen LogP contribution >= 0.6 is 22.9 Å². The molecule has 0 N–H and O–H groups in total. The maximum absolute atomic E-state index is 12.8. The molecular weight excluding hydrogens is 376 g/mol. The quantitative estimate of drug-likeness (QED) is 0.684. The second kappa shape index (κ2) is 7.94. The van der Waals surface area contributed by atoms with Crippen LogP contribution in [-0.4, -0.2) is 48.9 Å². The fourth-order valence-electron chi connectivity index (χ4n) is 4.23. The number of piperidine rings is 1. The van der Waals surface area contributed by atoms with Crippen LogP contribution in [0.25, 0.3) is 10.4 Å². The van der Waals surface area contributed by atoms with Crippen molar-refractivity contribution >= 4 is 28.8 Å². The van der Waals surface area contributed by atoms with Crippen molar-refractivity contribution in [2.75, 3.05) is 33.2 Å². The molecule has 2 fully saturated rings. The van der Waals surface area contributed by atoms with Crippen molar-refractivity contribution in [2.45, 2.75) is 38.5 Å². The Morgan fingerprint density at radius 3 is 2.48 bits per heavy atom. The molecule has 0 saturated carbocycles. The number of thiophene rings is 1. The van der Waals surface area contributed by atoms with E-state index in [0.717, 1.165) is 64.9 Å². The van der Waals surface area contributed by atoms with Gasteiger partial charge >= 0.3 is 0 Å². The molecule has 1 aromatic heterocycles. The molecule has 2 aliphatic rings. The Morgan fingerprint density at radius 1 is 1.11 bits per heavy atom. The summed E-state index contributed by atoms with van der Waals surface area (Å²) in [5, 5.41) is 0.862. The summed E-state index contributed by atoms with van der Waals surface area (Å²) in [5.41, 5.74) is 3.46. The summed E-state index contributed by atoms with van der Waals surface area (Å²) >= 11 is 8.28. The maximum Gasteiger partial charge on any atom is 0.264 e. The summed E-state index contributed by atoms with van der Waals surface area (Å²) in [6, 6.07) is 8.60. The van der Waals surface area contributed by atoms with Gasteiger partial charge in [-0.1, -0.05) is 23.7 Å². The highest BCUT2D eigenvalue weighted by Gasteiger charge is 2.24. The van der Waals surface area contributed by atoms with E-state index in [4.69, 9.17) is 11.6 Å². The molecule has 2 aliphatic heterocycles. The molecule has 144 valence electrons. The fourth-order valence-corrected chi connectivity index (χ4v) is 5.70. The van der Waals surface area contributed by atoms with E-state index in [0.29, 0.717) is 5.92 Å². The van der Waals surface area contributed by atoms with E-state index in [1.54, 1.807) is 11.3 Å². The van der Waals surface area contributed by atoms with Gasteiger partial charge in [-0.25, -0.2) is 0 Å². The van der Waals surface area contributed by atoms with E-state index in [9.17, 15) is 4.79 Å². The zero-order valence-corrected chi connectivity index (χ0v) is 17.7. The van der Waals surface area contributed by atoms with E-state index >= 15 is 0 Å². The number of carbonyl (C=O) groups excluding carboxylic acids is 1. The molecule has 2 saturated heterocycles. The molecule has 0 spiro atoms. The van der Waals surface area contributed by atoms with E-state index in [1.165, 1.54) is 18.4 Å². The van der Waals surface area contributed by atoms with E-state index < -0.39 is 0 Å². The van der Waals surface area contributed by atoms with Gasteiger partial charge in [0.2, 0.25) is 0 Å². The van der Waals surface area contributed by atoms with Crippen LogP contribution in [0, 0.1) is 6.92 Å². The number of nitrogens with zero attached hydrogens (tertiary/aromatic N) is 2. The van der Waals surface area contributed by atoms with Crippen molar-refractivity contribution in [1.29, 1.82) is 0 Å². The molecule has 3 nitrogen and oxygen atoms in total. The van der Waals surface area contributed by atoms with Crippen molar-refractivity contribution in [3.63, 3.8) is 0 Å². The zero-order valence-electron chi connectivity index (χ0n) is 16.1. The van der Waals surface area contributed by atoms with Gasteiger partial charge in [0.1, 0.15) is 0 Å². The number of carbonyl (C=O) groups is 1. The van der Waals surface area contributed by atoms with Crippen LogP contribution in [0.15, 0.2) is 24.3 Å². The fraction of sp³-hybridized carbons (Fsp3) is 0.500. The molecule has 0 radical (unpaired) electrons. The average molecular weight is 403 g/mol. The minimum Gasteiger partial charge on any atom is -0.338 e. The Morgan fingerprint density at radius 2 is 1.81 bits per heavy atom. The van der Waals surface area contributed by atoms with Crippen LogP contribution in [0.2, 0.25) is 5.02 Å². The van der Waals surface area contributed by atoms with E-state index in [-0.39, 0.29) is 5.91 Å². The minimum absolute atomic E-state index is 0.190. The highest BCUT2D eigenvalue weighted by molar-refractivity contribution is 7.17. The van der Waals surface area contributed by atoms with Crippen LogP contribution < -0.4 is 0 Å². The second-order valence-corrected chi connectivity index (χ2v) is 9.40. The van der Waals surface area contributed by atoms with Gasteiger partial charge < -0.3 is 9.80 Å². The Labute approximate surface area is 170 Å². The molecule has 0 atom stereocenters. The van der Waals surface area contributed by atoms with Crippen molar-refractivity contribution in [2.24, 2.45) is 0 Å². The predicted octanol–water partition coefficient (Wildman–Crippen LogP) is 5.42. The first-order valence-electron chi connectivity index (χ1n) is 9.91. The first-order valence-corrected chi connectivity index (χ1v) is 11.1. The average Bonchev–Trinajstić information content (AvgIpc) is 3.32. The molecule has 1 amide bonds. The number of rotatable bonds is 3. The largest absolute Gasteiger partial charge is 0.338 e.